The Kier molecular flexibility index (Phi) is 5.19. The molecule has 1 aliphatic heterocycles. The number of ketones is 1. The molecule has 0 unspecified atom stereocenters. The van der Waals surface area contributed by atoms with Crippen LogP contribution in [0.25, 0.3) is 0 Å². The number of rotatable bonds is 4. The van der Waals surface area contributed by atoms with Crippen LogP contribution in [0.3, 0.4) is 0 Å². The summed E-state index contributed by atoms with van der Waals surface area (Å²) in [6.07, 6.45) is -0.0975. The van der Waals surface area contributed by atoms with Gasteiger partial charge in [-0.3, -0.25) is 4.79 Å². The summed E-state index contributed by atoms with van der Waals surface area (Å²) in [5.74, 6) is 1.57. The molecule has 3 rings (SSSR count). The topological polar surface area (TPSA) is 50.8 Å². The molecule has 0 amide bonds. The van der Waals surface area contributed by atoms with Crippen LogP contribution in [0, 0.1) is 0 Å². The molecule has 1 N–H and O–H groups in total. The van der Waals surface area contributed by atoms with E-state index in [1.165, 1.54) is 0 Å². The minimum absolute atomic E-state index is 0.0426. The number of nitrogens with zero attached hydrogens (tertiary/aromatic N) is 1. The zero-order chi connectivity index (χ0) is 17.8. The molecule has 6 heteroatoms. The normalized spacial score (nSPS) is 15.4. The Morgan fingerprint density at radius 1 is 1.20 bits per heavy atom. The average Bonchev–Trinajstić information content (AvgIpc) is 2.62. The largest absolute Gasteiger partial charge is 0.486 e. The molecule has 1 aliphatic rings. The molecule has 1 heterocycles. The van der Waals surface area contributed by atoms with Crippen molar-refractivity contribution in [3.63, 3.8) is 0 Å². The van der Waals surface area contributed by atoms with E-state index in [1.54, 1.807) is 19.1 Å². The molecule has 5 nitrogen and oxygen atoms in total. The third-order valence-corrected chi connectivity index (χ3v) is 4.35. The highest BCUT2D eigenvalue weighted by Crippen LogP contribution is 2.30. The molecule has 0 aliphatic carbocycles. The molecule has 1 atom stereocenters. The second-order valence-electron chi connectivity index (χ2n) is 5.94. The summed E-state index contributed by atoms with van der Waals surface area (Å²) in [6, 6.07) is 14.9. The number of Topliss-reactive ketones (excluding diaryl/α,β-unsaturated/α-hetero) is 1. The van der Waals surface area contributed by atoms with Gasteiger partial charge in [-0.1, -0.05) is 12.1 Å². The highest BCUT2D eigenvalue weighted by Gasteiger charge is 2.22. The third-order valence-electron chi connectivity index (χ3n) is 3.93. The van der Waals surface area contributed by atoms with Gasteiger partial charge in [0.15, 0.2) is 28.5 Å². The van der Waals surface area contributed by atoms with Gasteiger partial charge in [0.05, 0.1) is 6.54 Å². The number of anilines is 1. The Bertz CT molecular complexity index is 776. The van der Waals surface area contributed by atoms with Gasteiger partial charge in [-0.25, -0.2) is 0 Å². The van der Waals surface area contributed by atoms with Crippen LogP contribution in [0.2, 0.25) is 0 Å². The Morgan fingerprint density at radius 2 is 1.88 bits per heavy atom. The van der Waals surface area contributed by atoms with Crippen LogP contribution in [0.5, 0.6) is 11.5 Å². The number of ether oxygens (including phenoxy) is 2. The van der Waals surface area contributed by atoms with Crippen molar-refractivity contribution in [3.8, 4) is 11.5 Å². The van der Waals surface area contributed by atoms with Gasteiger partial charge in [0.25, 0.3) is 0 Å². The second kappa shape index (κ2) is 7.53. The van der Waals surface area contributed by atoms with E-state index in [0.717, 1.165) is 17.2 Å². The summed E-state index contributed by atoms with van der Waals surface area (Å²) in [6.45, 7) is 2.63. The predicted molar refractivity (Wildman–Crippen MR) is 102 cm³/mol. The van der Waals surface area contributed by atoms with Gasteiger partial charge in [-0.15, -0.1) is 0 Å². The summed E-state index contributed by atoms with van der Waals surface area (Å²) in [4.78, 5) is 13.2. The molecule has 0 aromatic heterocycles. The van der Waals surface area contributed by atoms with Crippen molar-refractivity contribution in [1.29, 1.82) is 0 Å². The van der Waals surface area contributed by atoms with E-state index in [1.807, 2.05) is 48.3 Å². The first-order valence-electron chi connectivity index (χ1n) is 8.04. The average molecular weight is 356 g/mol. The second-order valence-corrected chi connectivity index (χ2v) is 6.33. The summed E-state index contributed by atoms with van der Waals surface area (Å²) in [5.41, 5.74) is 1.52. The molecule has 130 valence electrons. The van der Waals surface area contributed by atoms with Crippen LogP contribution in [-0.4, -0.2) is 42.1 Å². The van der Waals surface area contributed by atoms with E-state index in [0.29, 0.717) is 23.8 Å². The molecule has 0 saturated heterocycles. The lowest BCUT2D eigenvalue weighted by Crippen LogP contribution is -2.43. The first-order valence-corrected chi connectivity index (χ1v) is 8.45. The molecule has 0 saturated carbocycles. The Morgan fingerprint density at radius 3 is 2.56 bits per heavy atom. The summed E-state index contributed by atoms with van der Waals surface area (Å²) < 4.78 is 11.7. The van der Waals surface area contributed by atoms with Crippen molar-refractivity contribution < 1.29 is 14.3 Å². The number of nitrogens with one attached hydrogen (secondary N) is 1. The maximum atomic E-state index is 11.3. The Hall–Kier alpha value is -2.60. The highest BCUT2D eigenvalue weighted by atomic mass is 32.1. The number of fused-ring (bicyclic) bond motifs is 1. The molecular weight excluding hydrogens is 336 g/mol. The molecular formula is C19H20N2O3S. The fourth-order valence-electron chi connectivity index (χ4n) is 2.55. The monoisotopic (exact) mass is 356 g/mol. The zero-order valence-corrected chi connectivity index (χ0v) is 15.0. The SMILES string of the molecule is CC(=O)c1ccc(NC(=S)N(C)C[C@@H]2COc3ccccc3O2)cc1. The van der Waals surface area contributed by atoms with Crippen LogP contribution in [0.1, 0.15) is 17.3 Å². The fraction of sp³-hybridized carbons (Fsp3) is 0.263. The van der Waals surface area contributed by atoms with Crippen LogP contribution in [0.4, 0.5) is 5.69 Å². The molecule has 0 fully saturated rings. The molecule has 2 aromatic rings. The summed E-state index contributed by atoms with van der Waals surface area (Å²) >= 11 is 5.44. The van der Waals surface area contributed by atoms with Gasteiger partial charge in [0.1, 0.15) is 6.61 Å². The maximum Gasteiger partial charge on any atom is 0.173 e. The number of likely N-dealkylation sites (N-methyl/N-ethyl adjacent to an activating group) is 1. The van der Waals surface area contributed by atoms with Crippen LogP contribution < -0.4 is 14.8 Å². The van der Waals surface area contributed by atoms with Gasteiger partial charge in [0, 0.05) is 18.3 Å². The van der Waals surface area contributed by atoms with Crippen molar-refractivity contribution in [2.45, 2.75) is 13.0 Å². The van der Waals surface area contributed by atoms with Crippen molar-refractivity contribution >= 4 is 28.8 Å². The quantitative estimate of drug-likeness (QED) is 0.670. The molecule has 2 aromatic carbocycles. The van der Waals surface area contributed by atoms with E-state index < -0.39 is 0 Å². The van der Waals surface area contributed by atoms with E-state index in [2.05, 4.69) is 5.32 Å². The predicted octanol–water partition coefficient (Wildman–Crippen LogP) is 3.36. The minimum Gasteiger partial charge on any atom is -0.486 e. The number of hydrogen-bond donors (Lipinski definition) is 1. The van der Waals surface area contributed by atoms with Gasteiger partial charge >= 0.3 is 0 Å². The van der Waals surface area contributed by atoms with E-state index in [9.17, 15) is 4.79 Å². The Labute approximate surface area is 152 Å². The van der Waals surface area contributed by atoms with Gasteiger partial charge in [-0.05, 0) is 55.5 Å². The minimum atomic E-state index is -0.0975. The standard InChI is InChI=1S/C19H20N2O3S/c1-13(22)14-7-9-15(10-8-14)20-19(25)21(2)11-16-12-23-17-5-3-4-6-18(17)24-16/h3-10,16H,11-12H2,1-2H3,(H,20,25)/t16-/m1/s1. The number of carbonyl (C=O) groups excluding carboxylic acids is 1. The van der Waals surface area contributed by atoms with Crippen LogP contribution in [0.15, 0.2) is 48.5 Å². The third kappa shape index (κ3) is 4.28. The van der Waals surface area contributed by atoms with Crippen molar-refractivity contribution in [1.82, 2.24) is 4.90 Å². The van der Waals surface area contributed by atoms with Crippen molar-refractivity contribution in [2.24, 2.45) is 0 Å². The maximum absolute atomic E-state index is 11.3. The molecule has 0 spiro atoms. The van der Waals surface area contributed by atoms with Gasteiger partial charge < -0.3 is 19.7 Å². The first-order chi connectivity index (χ1) is 12.0. The van der Waals surface area contributed by atoms with Crippen LogP contribution >= 0.6 is 12.2 Å². The fourth-order valence-corrected chi connectivity index (χ4v) is 2.74. The number of carbonyl (C=O) groups is 1. The number of hydrogen-bond acceptors (Lipinski definition) is 4. The van der Waals surface area contributed by atoms with Crippen molar-refractivity contribution in [3.05, 3.63) is 54.1 Å². The van der Waals surface area contributed by atoms with E-state index >= 15 is 0 Å². The molecule has 0 bridgehead atoms. The highest BCUT2D eigenvalue weighted by molar-refractivity contribution is 7.80. The summed E-state index contributed by atoms with van der Waals surface area (Å²) in [5, 5.41) is 3.75. The lowest BCUT2D eigenvalue weighted by atomic mass is 10.1. The first kappa shape index (κ1) is 17.2. The zero-order valence-electron chi connectivity index (χ0n) is 14.2. The van der Waals surface area contributed by atoms with Crippen LogP contribution in [-0.2, 0) is 0 Å². The van der Waals surface area contributed by atoms with Crippen molar-refractivity contribution in [2.75, 3.05) is 25.5 Å². The summed E-state index contributed by atoms with van der Waals surface area (Å²) in [7, 11) is 1.91. The Balaban J connectivity index is 1.55. The lowest BCUT2D eigenvalue weighted by Gasteiger charge is -2.30. The van der Waals surface area contributed by atoms with E-state index in [4.69, 9.17) is 21.7 Å². The molecule has 0 radical (unpaired) electrons. The number of benzene rings is 2. The number of thiocarbonyl (C=S) groups is 1. The molecule has 25 heavy (non-hydrogen) atoms. The van der Waals surface area contributed by atoms with Gasteiger partial charge in [-0.2, -0.15) is 0 Å². The smallest absolute Gasteiger partial charge is 0.173 e. The van der Waals surface area contributed by atoms with E-state index in [-0.39, 0.29) is 11.9 Å². The number of para-hydroxylation sites is 2. The van der Waals surface area contributed by atoms with Gasteiger partial charge in [0.2, 0.25) is 0 Å². The lowest BCUT2D eigenvalue weighted by molar-refractivity contribution is 0.0784.